The van der Waals surface area contributed by atoms with Crippen LogP contribution in [0.3, 0.4) is 0 Å². The van der Waals surface area contributed by atoms with Crippen LogP contribution in [0.5, 0.6) is 0 Å². The van der Waals surface area contributed by atoms with Crippen LogP contribution in [0.1, 0.15) is 5.56 Å². The van der Waals surface area contributed by atoms with E-state index in [1.165, 1.54) is 0 Å². The van der Waals surface area contributed by atoms with Gasteiger partial charge in [-0.3, -0.25) is 4.98 Å². The molecule has 0 spiro atoms. The molecule has 0 aromatic carbocycles. The minimum absolute atomic E-state index is 0.0636. The molecule has 0 atom stereocenters. The van der Waals surface area contributed by atoms with Gasteiger partial charge in [-0.15, -0.1) is 0 Å². The van der Waals surface area contributed by atoms with E-state index in [0.717, 1.165) is 12.4 Å². The number of nitrogens with zero attached hydrogens (tertiary/aromatic N) is 3. The smallest absolute Gasteiger partial charge is 0.382 e. The van der Waals surface area contributed by atoms with Gasteiger partial charge < -0.3 is 5.73 Å². The van der Waals surface area contributed by atoms with Gasteiger partial charge in [0.2, 0.25) is 0 Å². The third-order valence-electron chi connectivity index (χ3n) is 1.83. The largest absolute Gasteiger partial charge is 0.417 e. The molecule has 2 aromatic heterocycles. The van der Waals surface area contributed by atoms with Gasteiger partial charge in [0.05, 0.1) is 11.1 Å². The van der Waals surface area contributed by atoms with E-state index in [1.807, 2.05) is 0 Å². The molecule has 0 saturated heterocycles. The lowest BCUT2D eigenvalue weighted by Gasteiger charge is -2.06. The van der Waals surface area contributed by atoms with Crippen LogP contribution >= 0.6 is 0 Å². The highest BCUT2D eigenvalue weighted by atomic mass is 19.4. The molecular formula is C8H5F3N4. The van der Waals surface area contributed by atoms with Crippen molar-refractivity contribution < 1.29 is 13.2 Å². The number of rotatable bonds is 0. The fourth-order valence-corrected chi connectivity index (χ4v) is 1.12. The summed E-state index contributed by atoms with van der Waals surface area (Å²) in [5.41, 5.74) is 4.82. The molecule has 78 valence electrons. The SMILES string of the molecule is Nc1ncnc2cc(C(F)(F)F)cnc12. The van der Waals surface area contributed by atoms with E-state index < -0.39 is 11.7 Å². The lowest BCUT2D eigenvalue weighted by Crippen LogP contribution is -2.06. The number of aromatic nitrogens is 3. The second kappa shape index (κ2) is 3.04. The standard InChI is InChI=1S/C8H5F3N4/c9-8(10,11)4-1-5-6(13-2-4)7(12)15-3-14-5/h1-3H,(H2,12,14,15). The summed E-state index contributed by atoms with van der Waals surface area (Å²) in [6.07, 6.45) is -2.62. The highest BCUT2D eigenvalue weighted by Gasteiger charge is 2.31. The van der Waals surface area contributed by atoms with Crippen LogP contribution in [0.25, 0.3) is 11.0 Å². The van der Waals surface area contributed by atoms with Gasteiger partial charge in [-0.2, -0.15) is 13.2 Å². The molecule has 0 amide bonds. The summed E-state index contributed by atoms with van der Waals surface area (Å²) in [5, 5.41) is 0. The van der Waals surface area contributed by atoms with Crippen molar-refractivity contribution in [3.8, 4) is 0 Å². The number of hydrogen-bond acceptors (Lipinski definition) is 4. The molecule has 0 saturated carbocycles. The molecule has 4 nitrogen and oxygen atoms in total. The fourth-order valence-electron chi connectivity index (χ4n) is 1.12. The Morgan fingerprint density at radius 2 is 1.87 bits per heavy atom. The molecule has 2 heterocycles. The normalized spacial score (nSPS) is 11.9. The first-order valence-electron chi connectivity index (χ1n) is 3.92. The van der Waals surface area contributed by atoms with Gasteiger partial charge in [0.1, 0.15) is 11.8 Å². The zero-order valence-corrected chi connectivity index (χ0v) is 7.28. The maximum atomic E-state index is 12.3. The van der Waals surface area contributed by atoms with Crippen LogP contribution in [-0.4, -0.2) is 15.0 Å². The van der Waals surface area contributed by atoms with E-state index in [-0.39, 0.29) is 16.9 Å². The van der Waals surface area contributed by atoms with Crippen molar-refractivity contribution in [3.05, 3.63) is 24.2 Å². The number of nitrogens with two attached hydrogens (primary N) is 1. The molecule has 2 N–H and O–H groups in total. The molecule has 0 aliphatic rings. The van der Waals surface area contributed by atoms with Crippen molar-refractivity contribution in [2.75, 3.05) is 5.73 Å². The highest BCUT2D eigenvalue weighted by Crippen LogP contribution is 2.30. The lowest BCUT2D eigenvalue weighted by molar-refractivity contribution is -0.137. The van der Waals surface area contributed by atoms with Gasteiger partial charge in [-0.25, -0.2) is 9.97 Å². The van der Waals surface area contributed by atoms with E-state index in [2.05, 4.69) is 15.0 Å². The first-order valence-corrected chi connectivity index (χ1v) is 3.92. The Bertz CT molecular complexity index is 509. The highest BCUT2D eigenvalue weighted by molar-refractivity contribution is 5.83. The molecule has 0 unspecified atom stereocenters. The fraction of sp³-hybridized carbons (Fsp3) is 0.125. The second-order valence-corrected chi connectivity index (χ2v) is 2.85. The topological polar surface area (TPSA) is 64.7 Å². The van der Waals surface area contributed by atoms with Gasteiger partial charge in [0, 0.05) is 6.20 Å². The van der Waals surface area contributed by atoms with Crippen molar-refractivity contribution in [1.82, 2.24) is 15.0 Å². The van der Waals surface area contributed by atoms with Crippen LogP contribution in [0.2, 0.25) is 0 Å². The number of alkyl halides is 3. The van der Waals surface area contributed by atoms with Crippen LogP contribution in [0, 0.1) is 0 Å². The Labute approximate surface area is 82.0 Å². The van der Waals surface area contributed by atoms with Gasteiger partial charge in [0.15, 0.2) is 5.82 Å². The summed E-state index contributed by atoms with van der Waals surface area (Å²) >= 11 is 0. The molecular weight excluding hydrogens is 209 g/mol. The quantitative estimate of drug-likeness (QED) is 0.723. The van der Waals surface area contributed by atoms with Gasteiger partial charge >= 0.3 is 6.18 Å². The third kappa shape index (κ3) is 1.67. The first-order chi connectivity index (χ1) is 6.98. The van der Waals surface area contributed by atoms with Crippen molar-refractivity contribution in [3.63, 3.8) is 0 Å². The van der Waals surface area contributed by atoms with Crippen LogP contribution in [0.15, 0.2) is 18.6 Å². The molecule has 0 fully saturated rings. The number of hydrogen-bond donors (Lipinski definition) is 1. The summed E-state index contributed by atoms with van der Waals surface area (Å²) in [6, 6.07) is 0.889. The van der Waals surface area contributed by atoms with E-state index in [0.29, 0.717) is 6.20 Å². The summed E-state index contributed by atoms with van der Waals surface area (Å²) < 4.78 is 36.9. The zero-order valence-electron chi connectivity index (χ0n) is 7.28. The molecule has 0 aliphatic carbocycles. The summed E-state index contributed by atoms with van der Waals surface area (Å²) in [6.45, 7) is 0. The second-order valence-electron chi connectivity index (χ2n) is 2.85. The van der Waals surface area contributed by atoms with Crippen molar-refractivity contribution >= 4 is 16.9 Å². The monoisotopic (exact) mass is 214 g/mol. The van der Waals surface area contributed by atoms with E-state index in [9.17, 15) is 13.2 Å². The van der Waals surface area contributed by atoms with Crippen molar-refractivity contribution in [2.45, 2.75) is 6.18 Å². The van der Waals surface area contributed by atoms with Gasteiger partial charge in [0.25, 0.3) is 0 Å². The lowest BCUT2D eigenvalue weighted by atomic mass is 10.2. The summed E-state index contributed by atoms with van der Waals surface area (Å²) in [5.74, 6) is 0.0636. The first kappa shape index (κ1) is 9.63. The summed E-state index contributed by atoms with van der Waals surface area (Å²) in [7, 11) is 0. The number of pyridine rings is 1. The Morgan fingerprint density at radius 3 is 2.53 bits per heavy atom. The van der Waals surface area contributed by atoms with Crippen molar-refractivity contribution in [1.29, 1.82) is 0 Å². The molecule has 2 rings (SSSR count). The number of anilines is 1. The molecule has 15 heavy (non-hydrogen) atoms. The minimum atomic E-state index is -4.43. The minimum Gasteiger partial charge on any atom is -0.382 e. The Hall–Kier alpha value is -1.92. The van der Waals surface area contributed by atoms with Crippen LogP contribution in [-0.2, 0) is 6.18 Å². The van der Waals surface area contributed by atoms with E-state index in [4.69, 9.17) is 5.73 Å². The number of halogens is 3. The van der Waals surface area contributed by atoms with Crippen molar-refractivity contribution in [2.24, 2.45) is 0 Å². The average molecular weight is 214 g/mol. The number of nitrogen functional groups attached to an aromatic ring is 1. The zero-order chi connectivity index (χ0) is 11.1. The molecule has 7 heteroatoms. The van der Waals surface area contributed by atoms with Gasteiger partial charge in [-0.1, -0.05) is 0 Å². The van der Waals surface area contributed by atoms with E-state index >= 15 is 0 Å². The molecule has 2 aromatic rings. The number of fused-ring (bicyclic) bond motifs is 1. The Balaban J connectivity index is 2.68. The average Bonchev–Trinajstić information content (AvgIpc) is 2.16. The predicted octanol–water partition coefficient (Wildman–Crippen LogP) is 1.63. The van der Waals surface area contributed by atoms with Gasteiger partial charge in [-0.05, 0) is 6.07 Å². The van der Waals surface area contributed by atoms with Crippen LogP contribution in [0.4, 0.5) is 19.0 Å². The molecule has 0 bridgehead atoms. The van der Waals surface area contributed by atoms with Crippen LogP contribution < -0.4 is 5.73 Å². The Morgan fingerprint density at radius 1 is 1.13 bits per heavy atom. The molecule has 0 radical (unpaired) electrons. The maximum absolute atomic E-state index is 12.3. The summed E-state index contributed by atoms with van der Waals surface area (Å²) in [4.78, 5) is 10.9. The maximum Gasteiger partial charge on any atom is 0.417 e. The molecule has 0 aliphatic heterocycles. The third-order valence-corrected chi connectivity index (χ3v) is 1.83. The van der Waals surface area contributed by atoms with E-state index in [1.54, 1.807) is 0 Å². The predicted molar refractivity (Wildman–Crippen MR) is 46.7 cm³/mol. The Kier molecular flexibility index (Phi) is 1.95.